The second kappa shape index (κ2) is 3.89. The molecule has 2 aromatic carbocycles. The van der Waals surface area contributed by atoms with Crippen LogP contribution in [0.25, 0.3) is 27.6 Å². The second-order valence-corrected chi connectivity index (χ2v) is 6.52. The van der Waals surface area contributed by atoms with Gasteiger partial charge < -0.3 is 0 Å². The Morgan fingerprint density at radius 2 is 1.86 bits per heavy atom. The van der Waals surface area contributed by atoms with Crippen molar-refractivity contribution >= 4 is 33.6 Å². The number of hydrogen-bond acceptors (Lipinski definition) is 2. The molecule has 0 saturated carbocycles. The van der Waals surface area contributed by atoms with Crippen LogP contribution in [0.1, 0.15) is 5.56 Å². The summed E-state index contributed by atoms with van der Waals surface area (Å²) in [4.78, 5) is 7.16. The minimum Gasteiger partial charge on any atom is -0.292 e. The first-order valence-electron chi connectivity index (χ1n) is 7.00. The summed E-state index contributed by atoms with van der Waals surface area (Å²) < 4.78 is 2.32. The van der Waals surface area contributed by atoms with Gasteiger partial charge >= 0.3 is 0 Å². The minimum absolute atomic E-state index is 1.05. The maximum atomic E-state index is 4.64. The van der Waals surface area contributed by atoms with E-state index in [0.717, 1.165) is 5.82 Å². The van der Waals surface area contributed by atoms with Crippen LogP contribution in [0.4, 0.5) is 0 Å². The Morgan fingerprint density at radius 3 is 2.81 bits per heavy atom. The van der Waals surface area contributed by atoms with Crippen molar-refractivity contribution in [3.63, 3.8) is 0 Å². The number of rotatable bonds is 0. The predicted octanol–water partition coefficient (Wildman–Crippen LogP) is 4.95. The number of aryl methyl sites for hydroxylation is 1. The van der Waals surface area contributed by atoms with Crippen LogP contribution >= 0.6 is 11.8 Å². The van der Waals surface area contributed by atoms with Crippen LogP contribution in [-0.2, 0) is 0 Å². The van der Waals surface area contributed by atoms with Gasteiger partial charge in [-0.3, -0.25) is 4.57 Å². The molecule has 3 heteroatoms. The van der Waals surface area contributed by atoms with Crippen LogP contribution in [0.2, 0.25) is 0 Å². The van der Waals surface area contributed by atoms with Gasteiger partial charge in [-0.2, -0.15) is 0 Å². The number of nitrogens with zero attached hydrogens (tertiary/aromatic N) is 2. The fourth-order valence-corrected chi connectivity index (χ4v) is 4.26. The minimum atomic E-state index is 1.05. The van der Waals surface area contributed by atoms with Crippen LogP contribution in [0.3, 0.4) is 0 Å². The van der Waals surface area contributed by atoms with Gasteiger partial charge in [0.25, 0.3) is 0 Å². The molecule has 0 radical (unpaired) electrons. The Morgan fingerprint density at radius 1 is 0.952 bits per heavy atom. The molecule has 0 amide bonds. The topological polar surface area (TPSA) is 17.8 Å². The molecule has 0 saturated heterocycles. The van der Waals surface area contributed by atoms with E-state index >= 15 is 0 Å². The van der Waals surface area contributed by atoms with Gasteiger partial charge in [0.2, 0.25) is 0 Å². The first-order chi connectivity index (χ1) is 10.3. The van der Waals surface area contributed by atoms with Gasteiger partial charge in [0.05, 0.1) is 15.9 Å². The van der Waals surface area contributed by atoms with Crippen LogP contribution < -0.4 is 0 Å². The van der Waals surface area contributed by atoms with Crippen LogP contribution in [0.5, 0.6) is 0 Å². The molecule has 1 aliphatic rings. The Labute approximate surface area is 126 Å². The number of benzene rings is 2. The van der Waals surface area contributed by atoms with E-state index < -0.39 is 0 Å². The summed E-state index contributed by atoms with van der Waals surface area (Å²) in [5, 5.41) is 2.61. The van der Waals surface area contributed by atoms with E-state index in [2.05, 4.69) is 58.9 Å². The van der Waals surface area contributed by atoms with Crippen molar-refractivity contribution < 1.29 is 0 Å². The summed E-state index contributed by atoms with van der Waals surface area (Å²) in [6, 6.07) is 17.4. The quantitative estimate of drug-likeness (QED) is 0.401. The molecule has 1 aliphatic heterocycles. The van der Waals surface area contributed by atoms with E-state index in [1.807, 2.05) is 24.0 Å². The molecule has 2 nitrogen and oxygen atoms in total. The molecule has 0 atom stereocenters. The summed E-state index contributed by atoms with van der Waals surface area (Å²) in [6.45, 7) is 2.14. The number of hydrogen-bond donors (Lipinski definition) is 0. The van der Waals surface area contributed by atoms with Crippen molar-refractivity contribution in [3.05, 3.63) is 60.3 Å². The first-order valence-corrected chi connectivity index (χ1v) is 7.81. The van der Waals surface area contributed by atoms with E-state index in [4.69, 9.17) is 0 Å². The molecule has 0 aliphatic carbocycles. The molecule has 3 heterocycles. The average Bonchev–Trinajstić information content (AvgIpc) is 2.84. The molecule has 100 valence electrons. The zero-order chi connectivity index (χ0) is 14.0. The largest absolute Gasteiger partial charge is 0.292 e. The highest BCUT2D eigenvalue weighted by atomic mass is 32.2. The second-order valence-electron chi connectivity index (χ2n) is 5.44. The lowest BCUT2D eigenvalue weighted by Crippen LogP contribution is -2.03. The number of aromatic nitrogens is 2. The third kappa shape index (κ3) is 1.41. The summed E-state index contributed by atoms with van der Waals surface area (Å²) in [6.07, 6.45) is 1.88. The Bertz CT molecular complexity index is 1030. The molecule has 21 heavy (non-hydrogen) atoms. The molecule has 4 aromatic rings. The van der Waals surface area contributed by atoms with Gasteiger partial charge in [-0.25, -0.2) is 4.98 Å². The Balaban J connectivity index is 2.10. The molecule has 0 bridgehead atoms. The van der Waals surface area contributed by atoms with E-state index in [1.54, 1.807) is 0 Å². The van der Waals surface area contributed by atoms with Gasteiger partial charge in [0.1, 0.15) is 0 Å². The fraction of sp³-hybridized carbons (Fsp3) is 0.0556. The molecular weight excluding hydrogens is 276 g/mol. The van der Waals surface area contributed by atoms with E-state index in [-0.39, 0.29) is 0 Å². The van der Waals surface area contributed by atoms with Crippen LogP contribution in [0.15, 0.2) is 64.5 Å². The Kier molecular flexibility index (Phi) is 2.11. The summed E-state index contributed by atoms with van der Waals surface area (Å²) in [7, 11) is 0. The maximum absolute atomic E-state index is 4.64. The van der Waals surface area contributed by atoms with Crippen molar-refractivity contribution in [1.82, 2.24) is 9.55 Å². The molecule has 0 N–H and O–H groups in total. The molecule has 0 unspecified atom stereocenters. The lowest BCUT2D eigenvalue weighted by atomic mass is 10.1. The third-order valence-corrected chi connectivity index (χ3v) is 5.18. The SMILES string of the molecule is Cc1ccc2c3cccc4c3n(c2c1)-c1ncccc1S4. The normalized spacial score (nSPS) is 12.8. The first kappa shape index (κ1) is 11.4. The molecular formula is C18H12N2S. The highest BCUT2D eigenvalue weighted by molar-refractivity contribution is 7.99. The predicted molar refractivity (Wildman–Crippen MR) is 87.4 cm³/mol. The molecule has 5 rings (SSSR count). The lowest BCUT2D eigenvalue weighted by molar-refractivity contribution is 1.01. The lowest BCUT2D eigenvalue weighted by Gasteiger charge is -2.18. The van der Waals surface area contributed by atoms with E-state index in [9.17, 15) is 0 Å². The van der Waals surface area contributed by atoms with Gasteiger partial charge in [0, 0.05) is 21.9 Å². The van der Waals surface area contributed by atoms with Gasteiger partial charge in [-0.1, -0.05) is 36.0 Å². The highest BCUT2D eigenvalue weighted by Crippen LogP contribution is 2.45. The van der Waals surface area contributed by atoms with Crippen molar-refractivity contribution in [2.45, 2.75) is 16.7 Å². The van der Waals surface area contributed by atoms with Gasteiger partial charge in [-0.15, -0.1) is 0 Å². The number of fused-ring (bicyclic) bond motifs is 5. The number of para-hydroxylation sites is 1. The average molecular weight is 288 g/mol. The van der Waals surface area contributed by atoms with Gasteiger partial charge in [0.15, 0.2) is 5.82 Å². The third-order valence-electron chi connectivity index (χ3n) is 4.09. The van der Waals surface area contributed by atoms with Crippen molar-refractivity contribution in [1.29, 1.82) is 0 Å². The zero-order valence-corrected chi connectivity index (χ0v) is 12.3. The van der Waals surface area contributed by atoms with E-state index in [0.29, 0.717) is 0 Å². The summed E-state index contributed by atoms with van der Waals surface area (Å²) in [5.41, 5.74) is 3.81. The van der Waals surface area contributed by atoms with Gasteiger partial charge in [-0.05, 0) is 36.8 Å². The summed E-state index contributed by atoms with van der Waals surface area (Å²) in [5.74, 6) is 1.05. The number of pyridine rings is 1. The van der Waals surface area contributed by atoms with Crippen molar-refractivity contribution in [3.8, 4) is 5.82 Å². The smallest absolute Gasteiger partial charge is 0.151 e. The van der Waals surface area contributed by atoms with Crippen LogP contribution in [-0.4, -0.2) is 9.55 Å². The van der Waals surface area contributed by atoms with Crippen molar-refractivity contribution in [2.24, 2.45) is 0 Å². The molecule has 0 spiro atoms. The van der Waals surface area contributed by atoms with Crippen LogP contribution in [0, 0.1) is 6.92 Å². The fourth-order valence-electron chi connectivity index (χ4n) is 3.20. The Hall–Kier alpha value is -2.26. The standard InChI is InChI=1S/C18H12N2S/c1-11-7-8-12-13-4-2-5-15-17(13)20(14(12)10-11)18-16(21-15)6-3-9-19-18/h2-10H,1H3. The van der Waals surface area contributed by atoms with E-state index in [1.165, 1.54) is 37.2 Å². The zero-order valence-electron chi connectivity index (χ0n) is 11.5. The maximum Gasteiger partial charge on any atom is 0.151 e. The monoisotopic (exact) mass is 288 g/mol. The highest BCUT2D eigenvalue weighted by Gasteiger charge is 2.23. The summed E-state index contributed by atoms with van der Waals surface area (Å²) >= 11 is 1.81. The molecule has 0 fully saturated rings. The molecule has 2 aromatic heterocycles. The van der Waals surface area contributed by atoms with Crippen molar-refractivity contribution in [2.75, 3.05) is 0 Å².